The average Bonchev–Trinajstić information content (AvgIpc) is 2.96. The van der Waals surface area contributed by atoms with Crippen LogP contribution in [0.5, 0.6) is 0 Å². The van der Waals surface area contributed by atoms with Crippen molar-refractivity contribution in [1.29, 1.82) is 0 Å². The maximum atomic E-state index is 6.10. The Bertz CT molecular complexity index is 452. The van der Waals surface area contributed by atoms with Crippen molar-refractivity contribution >= 4 is 11.8 Å². The Morgan fingerprint density at radius 1 is 1.33 bits per heavy atom. The van der Waals surface area contributed by atoms with Crippen molar-refractivity contribution in [3.63, 3.8) is 0 Å². The minimum Gasteiger partial charge on any atom is -0.370 e. The lowest BCUT2D eigenvalue weighted by molar-refractivity contribution is -0.0740. The van der Waals surface area contributed by atoms with Crippen molar-refractivity contribution < 1.29 is 9.26 Å². The van der Waals surface area contributed by atoms with Gasteiger partial charge in [0.25, 0.3) is 0 Å². The summed E-state index contributed by atoms with van der Waals surface area (Å²) in [5.41, 5.74) is 6.06. The predicted molar refractivity (Wildman–Crippen MR) is 85.2 cm³/mol. The Balaban J connectivity index is 2.11. The summed E-state index contributed by atoms with van der Waals surface area (Å²) in [5, 5.41) is 4.16. The summed E-state index contributed by atoms with van der Waals surface area (Å²) in [6, 6.07) is -0.187. The topological polar surface area (TPSA) is 74.2 Å². The summed E-state index contributed by atoms with van der Waals surface area (Å²) in [6.45, 7) is 4.60. The summed E-state index contributed by atoms with van der Waals surface area (Å²) >= 11 is 1.77. The first-order valence-electron chi connectivity index (χ1n) is 7.56. The van der Waals surface area contributed by atoms with Crippen LogP contribution < -0.4 is 5.73 Å². The van der Waals surface area contributed by atoms with E-state index in [0.717, 1.165) is 37.9 Å². The summed E-state index contributed by atoms with van der Waals surface area (Å²) in [5.74, 6) is 2.18. The van der Waals surface area contributed by atoms with Gasteiger partial charge in [0.15, 0.2) is 0 Å². The van der Waals surface area contributed by atoms with E-state index in [9.17, 15) is 0 Å². The number of ether oxygens (including phenoxy) is 1. The first-order chi connectivity index (χ1) is 9.92. The molecule has 21 heavy (non-hydrogen) atoms. The molecule has 0 bridgehead atoms. The van der Waals surface area contributed by atoms with Crippen molar-refractivity contribution in [3.8, 4) is 0 Å². The average molecular weight is 313 g/mol. The highest BCUT2D eigenvalue weighted by molar-refractivity contribution is 7.98. The molecule has 1 aromatic rings. The molecule has 120 valence electrons. The molecule has 0 saturated heterocycles. The molecule has 1 aliphatic carbocycles. The van der Waals surface area contributed by atoms with Crippen LogP contribution in [-0.4, -0.2) is 29.3 Å². The Kier molecular flexibility index (Phi) is 5.33. The molecular formula is C15H27N3O2S. The molecule has 2 rings (SSSR count). The molecule has 1 aromatic heterocycles. The van der Waals surface area contributed by atoms with Gasteiger partial charge >= 0.3 is 0 Å². The second-order valence-corrected chi connectivity index (χ2v) is 7.69. The number of hydrogen-bond acceptors (Lipinski definition) is 6. The molecule has 0 amide bonds. The lowest BCUT2D eigenvalue weighted by Crippen LogP contribution is -2.37. The maximum absolute atomic E-state index is 6.10. The molecule has 2 N–H and O–H groups in total. The van der Waals surface area contributed by atoms with Crippen LogP contribution in [0.3, 0.4) is 0 Å². The number of rotatable bonds is 6. The number of aromatic nitrogens is 2. The van der Waals surface area contributed by atoms with E-state index in [0.29, 0.717) is 17.1 Å². The molecule has 1 heterocycles. The van der Waals surface area contributed by atoms with Gasteiger partial charge < -0.3 is 15.0 Å². The highest BCUT2D eigenvalue weighted by atomic mass is 32.2. The van der Waals surface area contributed by atoms with E-state index in [4.69, 9.17) is 15.0 Å². The van der Waals surface area contributed by atoms with Gasteiger partial charge in [-0.3, -0.25) is 0 Å². The zero-order valence-corrected chi connectivity index (χ0v) is 14.3. The SMILES string of the molecule is COC1(c2noc([C@H](N)CCSC)n2)CCC(C)(C)CC1. The Labute approximate surface area is 131 Å². The molecule has 1 aliphatic rings. The highest BCUT2D eigenvalue weighted by Gasteiger charge is 2.43. The van der Waals surface area contributed by atoms with E-state index in [1.165, 1.54) is 0 Å². The standard InChI is InChI=1S/C15H27N3O2S/c1-14(2)6-8-15(19-3,9-7-14)13-17-12(20-18-13)11(16)5-10-21-4/h11H,5-10,16H2,1-4H3/t11-/m1/s1. The van der Waals surface area contributed by atoms with Crippen LogP contribution in [0.4, 0.5) is 0 Å². The molecule has 0 spiro atoms. The number of hydrogen-bond donors (Lipinski definition) is 1. The van der Waals surface area contributed by atoms with Crippen molar-refractivity contribution in [3.05, 3.63) is 11.7 Å². The van der Waals surface area contributed by atoms with E-state index in [1.54, 1.807) is 18.9 Å². The summed E-state index contributed by atoms with van der Waals surface area (Å²) in [7, 11) is 1.74. The summed E-state index contributed by atoms with van der Waals surface area (Å²) < 4.78 is 11.2. The molecule has 5 nitrogen and oxygen atoms in total. The largest absolute Gasteiger partial charge is 0.370 e. The van der Waals surface area contributed by atoms with Gasteiger partial charge in [-0.05, 0) is 49.5 Å². The number of methoxy groups -OCH3 is 1. The van der Waals surface area contributed by atoms with E-state index >= 15 is 0 Å². The van der Waals surface area contributed by atoms with Gasteiger partial charge in [-0.1, -0.05) is 19.0 Å². The van der Waals surface area contributed by atoms with Crippen molar-refractivity contribution in [1.82, 2.24) is 10.1 Å². The maximum Gasteiger partial charge on any atom is 0.243 e. The van der Waals surface area contributed by atoms with Gasteiger partial charge in [-0.25, -0.2) is 0 Å². The van der Waals surface area contributed by atoms with Crippen LogP contribution in [-0.2, 0) is 10.3 Å². The summed E-state index contributed by atoms with van der Waals surface area (Å²) in [6.07, 6.45) is 6.96. The smallest absolute Gasteiger partial charge is 0.243 e. The second-order valence-electron chi connectivity index (χ2n) is 6.71. The molecule has 0 unspecified atom stereocenters. The zero-order chi connectivity index (χ0) is 15.5. The number of thioether (sulfide) groups is 1. The monoisotopic (exact) mass is 313 g/mol. The fourth-order valence-corrected chi connectivity index (χ4v) is 3.28. The summed E-state index contributed by atoms with van der Waals surface area (Å²) in [4.78, 5) is 4.54. The third kappa shape index (κ3) is 3.79. The van der Waals surface area contributed by atoms with E-state index in [1.807, 2.05) is 0 Å². The second kappa shape index (κ2) is 6.67. The molecule has 0 radical (unpaired) electrons. The van der Waals surface area contributed by atoms with Gasteiger partial charge in [-0.15, -0.1) is 0 Å². The predicted octanol–water partition coefficient (Wildman–Crippen LogP) is 3.26. The molecular weight excluding hydrogens is 286 g/mol. The van der Waals surface area contributed by atoms with Crippen molar-refractivity contribution in [2.75, 3.05) is 19.1 Å². The number of nitrogens with two attached hydrogens (primary N) is 1. The van der Waals surface area contributed by atoms with Crippen molar-refractivity contribution in [2.45, 2.75) is 57.6 Å². The first-order valence-corrected chi connectivity index (χ1v) is 8.96. The third-order valence-corrected chi connectivity index (χ3v) is 5.25. The Hall–Kier alpha value is -0.590. The minimum atomic E-state index is -0.406. The van der Waals surface area contributed by atoms with Crippen LogP contribution in [0.1, 0.15) is 63.7 Å². The Morgan fingerprint density at radius 2 is 2.00 bits per heavy atom. The van der Waals surface area contributed by atoms with Gasteiger partial charge in [0.05, 0.1) is 6.04 Å². The van der Waals surface area contributed by atoms with Gasteiger partial charge in [0, 0.05) is 7.11 Å². The third-order valence-electron chi connectivity index (χ3n) is 4.60. The Morgan fingerprint density at radius 3 is 2.57 bits per heavy atom. The fraction of sp³-hybridized carbons (Fsp3) is 0.867. The normalized spacial score (nSPS) is 22.1. The van der Waals surface area contributed by atoms with E-state index < -0.39 is 5.60 Å². The van der Waals surface area contributed by atoms with Crippen molar-refractivity contribution in [2.24, 2.45) is 11.1 Å². The van der Waals surface area contributed by atoms with E-state index in [-0.39, 0.29) is 6.04 Å². The minimum absolute atomic E-state index is 0.187. The van der Waals surface area contributed by atoms with Crippen LogP contribution in [0.15, 0.2) is 4.52 Å². The lowest BCUT2D eigenvalue weighted by atomic mass is 9.70. The number of nitrogens with zero attached hydrogens (tertiary/aromatic N) is 2. The molecule has 6 heteroatoms. The molecule has 0 aliphatic heterocycles. The fourth-order valence-electron chi connectivity index (χ4n) is 2.79. The molecule has 1 atom stereocenters. The van der Waals surface area contributed by atoms with E-state index in [2.05, 4.69) is 30.2 Å². The van der Waals surface area contributed by atoms with Gasteiger partial charge in [0.2, 0.25) is 11.7 Å². The molecule has 1 fully saturated rings. The van der Waals surface area contributed by atoms with Crippen LogP contribution in [0.25, 0.3) is 0 Å². The molecule has 1 saturated carbocycles. The quantitative estimate of drug-likeness (QED) is 0.869. The van der Waals surface area contributed by atoms with Crippen LogP contribution in [0.2, 0.25) is 0 Å². The highest BCUT2D eigenvalue weighted by Crippen LogP contribution is 2.46. The zero-order valence-electron chi connectivity index (χ0n) is 13.5. The lowest BCUT2D eigenvalue weighted by Gasteiger charge is -2.40. The van der Waals surface area contributed by atoms with Gasteiger partial charge in [0.1, 0.15) is 5.60 Å². The van der Waals surface area contributed by atoms with Crippen LogP contribution >= 0.6 is 11.8 Å². The molecule has 0 aromatic carbocycles. The first kappa shape index (κ1) is 16.8. The van der Waals surface area contributed by atoms with Gasteiger partial charge in [-0.2, -0.15) is 16.7 Å². The van der Waals surface area contributed by atoms with Crippen LogP contribution in [0, 0.1) is 5.41 Å².